The molecule has 2 rings (SSSR count). The van der Waals surface area contributed by atoms with Gasteiger partial charge in [-0.2, -0.15) is 0 Å². The fraction of sp³-hybridized carbons (Fsp3) is 0.571. The van der Waals surface area contributed by atoms with Gasteiger partial charge in [0.05, 0.1) is 11.5 Å². The largest absolute Gasteiger partial charge is 0.367 e. The van der Waals surface area contributed by atoms with Gasteiger partial charge in [0.1, 0.15) is 0 Å². The van der Waals surface area contributed by atoms with Crippen LogP contribution in [0.15, 0.2) is 22.7 Å². The summed E-state index contributed by atoms with van der Waals surface area (Å²) in [6.07, 6.45) is 0. The zero-order valence-electron chi connectivity index (χ0n) is 12.1. The maximum Gasteiger partial charge on any atom is 0.154 e. The van der Waals surface area contributed by atoms with Crippen LogP contribution in [0.5, 0.6) is 0 Å². The number of rotatable bonds is 3. The molecule has 0 aliphatic carbocycles. The Kier molecular flexibility index (Phi) is 4.76. The Morgan fingerprint density at radius 2 is 2.15 bits per heavy atom. The van der Waals surface area contributed by atoms with Crippen LogP contribution >= 0.6 is 15.9 Å². The number of nitrogens with zero attached hydrogens (tertiary/aromatic N) is 1. The molecule has 1 aromatic carbocycles. The highest BCUT2D eigenvalue weighted by Gasteiger charge is 2.29. The first-order valence-corrected chi connectivity index (χ1v) is 9.39. The first-order valence-electron chi connectivity index (χ1n) is 6.78. The highest BCUT2D eigenvalue weighted by Crippen LogP contribution is 2.32. The van der Waals surface area contributed by atoms with E-state index < -0.39 is 9.84 Å². The quantitative estimate of drug-likeness (QED) is 0.898. The number of benzene rings is 1. The van der Waals surface area contributed by atoms with Crippen molar-refractivity contribution in [3.05, 3.63) is 28.2 Å². The van der Waals surface area contributed by atoms with Gasteiger partial charge in [0.2, 0.25) is 0 Å². The molecule has 1 aliphatic heterocycles. The molecule has 2 atom stereocenters. The average molecular weight is 361 g/mol. The molecule has 0 saturated carbocycles. The van der Waals surface area contributed by atoms with Crippen LogP contribution in [-0.2, 0) is 9.84 Å². The molecule has 1 N–H and O–H groups in total. The smallest absolute Gasteiger partial charge is 0.154 e. The van der Waals surface area contributed by atoms with Gasteiger partial charge in [-0.3, -0.25) is 0 Å². The van der Waals surface area contributed by atoms with Crippen molar-refractivity contribution in [2.45, 2.75) is 25.9 Å². The van der Waals surface area contributed by atoms with Gasteiger partial charge in [0, 0.05) is 28.8 Å². The summed E-state index contributed by atoms with van der Waals surface area (Å²) < 4.78 is 24.5. The summed E-state index contributed by atoms with van der Waals surface area (Å²) in [5.41, 5.74) is 2.31. The van der Waals surface area contributed by atoms with Crippen LogP contribution in [0.2, 0.25) is 0 Å². The fourth-order valence-corrected chi connectivity index (χ4v) is 4.58. The van der Waals surface area contributed by atoms with E-state index in [-0.39, 0.29) is 23.6 Å². The predicted octanol–water partition coefficient (Wildman–Crippen LogP) is 2.35. The Morgan fingerprint density at radius 3 is 2.75 bits per heavy atom. The van der Waals surface area contributed by atoms with Gasteiger partial charge >= 0.3 is 0 Å². The lowest BCUT2D eigenvalue weighted by molar-refractivity contribution is 0.566. The topological polar surface area (TPSA) is 49.4 Å². The molecule has 4 nitrogen and oxygen atoms in total. The van der Waals surface area contributed by atoms with Crippen LogP contribution in [-0.4, -0.2) is 39.6 Å². The molecule has 0 amide bonds. The van der Waals surface area contributed by atoms with Crippen molar-refractivity contribution in [2.75, 3.05) is 30.0 Å². The highest BCUT2D eigenvalue weighted by molar-refractivity contribution is 9.10. The molecular formula is C14H21BrN2O2S. The number of halogens is 1. The molecule has 1 aliphatic rings. The van der Waals surface area contributed by atoms with E-state index in [1.165, 1.54) is 5.56 Å². The maximum atomic E-state index is 11.7. The van der Waals surface area contributed by atoms with Crippen molar-refractivity contribution in [1.29, 1.82) is 0 Å². The van der Waals surface area contributed by atoms with Crippen molar-refractivity contribution in [3.63, 3.8) is 0 Å². The zero-order valence-corrected chi connectivity index (χ0v) is 14.5. The minimum absolute atomic E-state index is 0.0118. The monoisotopic (exact) mass is 360 g/mol. The lowest BCUT2D eigenvalue weighted by Gasteiger charge is -2.37. The SMILES string of the molecule is CNC(C)c1cc(Br)ccc1N1CCS(=O)(=O)CC1C. The minimum atomic E-state index is -2.89. The van der Waals surface area contributed by atoms with E-state index >= 15 is 0 Å². The second-order valence-electron chi connectivity index (χ2n) is 5.37. The molecule has 0 radical (unpaired) electrons. The van der Waals surface area contributed by atoms with E-state index in [2.05, 4.69) is 45.2 Å². The summed E-state index contributed by atoms with van der Waals surface area (Å²) in [5, 5.41) is 3.25. The Balaban J connectivity index is 2.38. The molecule has 6 heteroatoms. The number of sulfone groups is 1. The van der Waals surface area contributed by atoms with E-state index in [9.17, 15) is 8.42 Å². The Labute approximate surface area is 129 Å². The maximum absolute atomic E-state index is 11.7. The summed E-state index contributed by atoms with van der Waals surface area (Å²) in [4.78, 5) is 2.21. The van der Waals surface area contributed by atoms with E-state index in [1.54, 1.807) is 0 Å². The van der Waals surface area contributed by atoms with Crippen molar-refractivity contribution >= 4 is 31.5 Å². The summed E-state index contributed by atoms with van der Waals surface area (Å²) in [6.45, 7) is 4.65. The first kappa shape index (κ1) is 15.8. The molecule has 0 bridgehead atoms. The molecule has 20 heavy (non-hydrogen) atoms. The fourth-order valence-electron chi connectivity index (χ4n) is 2.65. The molecule has 0 aromatic heterocycles. The van der Waals surface area contributed by atoms with Gasteiger partial charge in [-0.05, 0) is 44.7 Å². The third kappa shape index (κ3) is 3.35. The number of nitrogens with one attached hydrogen (secondary N) is 1. The summed E-state index contributed by atoms with van der Waals surface area (Å²) >= 11 is 3.51. The standard InChI is InChI=1S/C14H21BrN2O2S/c1-10-9-20(18,19)7-6-17(10)14-5-4-12(15)8-13(14)11(2)16-3/h4-5,8,10-11,16H,6-7,9H2,1-3H3. The molecule has 2 unspecified atom stereocenters. The third-order valence-corrected chi connectivity index (χ3v) is 6.16. The van der Waals surface area contributed by atoms with Gasteiger partial charge in [-0.1, -0.05) is 15.9 Å². The average Bonchev–Trinajstić information content (AvgIpc) is 2.37. The second kappa shape index (κ2) is 6.03. The highest BCUT2D eigenvalue weighted by atomic mass is 79.9. The zero-order chi connectivity index (χ0) is 14.9. The van der Waals surface area contributed by atoms with Gasteiger partial charge in [-0.15, -0.1) is 0 Å². The third-order valence-electron chi connectivity index (χ3n) is 3.87. The van der Waals surface area contributed by atoms with Crippen LogP contribution < -0.4 is 10.2 Å². The molecule has 1 fully saturated rings. The van der Waals surface area contributed by atoms with E-state index in [0.29, 0.717) is 6.54 Å². The van der Waals surface area contributed by atoms with E-state index in [4.69, 9.17) is 0 Å². The van der Waals surface area contributed by atoms with Crippen molar-refractivity contribution < 1.29 is 8.42 Å². The Bertz CT molecular complexity index is 589. The lowest BCUT2D eigenvalue weighted by atomic mass is 10.0. The van der Waals surface area contributed by atoms with Crippen molar-refractivity contribution in [2.24, 2.45) is 0 Å². The minimum Gasteiger partial charge on any atom is -0.367 e. The van der Waals surface area contributed by atoms with Gasteiger partial charge in [-0.25, -0.2) is 8.42 Å². The lowest BCUT2D eigenvalue weighted by Crippen LogP contribution is -2.47. The number of hydrogen-bond acceptors (Lipinski definition) is 4. The predicted molar refractivity (Wildman–Crippen MR) is 87.1 cm³/mol. The second-order valence-corrected chi connectivity index (χ2v) is 8.51. The molecule has 1 aromatic rings. The molecule has 112 valence electrons. The van der Waals surface area contributed by atoms with Crippen LogP contribution in [0, 0.1) is 0 Å². The Morgan fingerprint density at radius 1 is 1.45 bits per heavy atom. The molecule has 1 heterocycles. The summed E-state index contributed by atoms with van der Waals surface area (Å²) in [7, 11) is -0.956. The van der Waals surface area contributed by atoms with Gasteiger partial charge < -0.3 is 10.2 Å². The number of anilines is 1. The van der Waals surface area contributed by atoms with E-state index in [1.807, 2.05) is 20.0 Å². The van der Waals surface area contributed by atoms with Gasteiger partial charge in [0.15, 0.2) is 9.84 Å². The van der Waals surface area contributed by atoms with Crippen LogP contribution in [0.1, 0.15) is 25.5 Å². The summed E-state index contributed by atoms with van der Waals surface area (Å²) in [6, 6.07) is 6.41. The Hall–Kier alpha value is -0.590. The first-order chi connectivity index (χ1) is 9.34. The molecular weight excluding hydrogens is 340 g/mol. The van der Waals surface area contributed by atoms with Crippen LogP contribution in [0.4, 0.5) is 5.69 Å². The van der Waals surface area contributed by atoms with Gasteiger partial charge in [0.25, 0.3) is 0 Å². The normalized spacial score (nSPS) is 23.6. The molecule has 0 spiro atoms. The summed E-state index contributed by atoms with van der Waals surface area (Å²) in [5.74, 6) is 0.469. The van der Waals surface area contributed by atoms with Crippen molar-refractivity contribution in [3.8, 4) is 0 Å². The molecule has 1 saturated heterocycles. The van der Waals surface area contributed by atoms with Crippen LogP contribution in [0.3, 0.4) is 0 Å². The van der Waals surface area contributed by atoms with E-state index in [0.717, 1.165) is 10.2 Å². The number of hydrogen-bond donors (Lipinski definition) is 1. The van der Waals surface area contributed by atoms with Crippen LogP contribution in [0.25, 0.3) is 0 Å². The van der Waals surface area contributed by atoms with Crippen molar-refractivity contribution in [1.82, 2.24) is 5.32 Å².